The van der Waals surface area contributed by atoms with Gasteiger partial charge in [-0.2, -0.15) is 0 Å². The molecule has 1 aromatic carbocycles. The molecular weight excluding hydrogens is 244 g/mol. The summed E-state index contributed by atoms with van der Waals surface area (Å²) in [4.78, 5) is 12.2. The lowest BCUT2D eigenvalue weighted by molar-refractivity contribution is -0.136. The maximum atomic E-state index is 11.1. The van der Waals surface area contributed by atoms with Crippen molar-refractivity contribution in [1.29, 1.82) is 0 Å². The van der Waals surface area contributed by atoms with Gasteiger partial charge in [0.15, 0.2) is 0 Å². The summed E-state index contributed by atoms with van der Waals surface area (Å²) in [5.74, 6) is 0.458. The Kier molecular flexibility index (Phi) is 5.43. The van der Waals surface area contributed by atoms with Crippen molar-refractivity contribution in [2.45, 2.75) is 11.8 Å². The van der Waals surface area contributed by atoms with Gasteiger partial charge < -0.3 is 4.74 Å². The van der Waals surface area contributed by atoms with Crippen LogP contribution < -0.4 is 0 Å². The summed E-state index contributed by atoms with van der Waals surface area (Å²) in [6.07, 6.45) is 1.85. The molecular formula is C12H13ClO2S. The Balaban J connectivity index is 2.46. The molecule has 0 N–H and O–H groups in total. The molecule has 1 rings (SSSR count). The minimum Gasteiger partial charge on any atom is -0.466 e. The van der Waals surface area contributed by atoms with Gasteiger partial charge in [-0.25, -0.2) is 4.79 Å². The highest BCUT2D eigenvalue weighted by Gasteiger charge is 2.01. The quantitative estimate of drug-likeness (QED) is 0.468. The second-order valence-electron chi connectivity index (χ2n) is 3.14. The Morgan fingerprint density at radius 1 is 1.44 bits per heavy atom. The summed E-state index contributed by atoms with van der Waals surface area (Å²) in [7, 11) is 1.38. The van der Waals surface area contributed by atoms with Crippen molar-refractivity contribution >= 4 is 29.3 Å². The SMILES string of the molecule is COC(=O)C(C)=CCSc1ccc(Cl)cc1. The summed E-state index contributed by atoms with van der Waals surface area (Å²) in [5.41, 5.74) is 0.629. The van der Waals surface area contributed by atoms with E-state index in [2.05, 4.69) is 4.74 Å². The molecule has 0 spiro atoms. The van der Waals surface area contributed by atoms with Gasteiger partial charge in [0.25, 0.3) is 0 Å². The highest BCUT2D eigenvalue weighted by atomic mass is 35.5. The monoisotopic (exact) mass is 256 g/mol. The van der Waals surface area contributed by atoms with Crippen molar-refractivity contribution in [1.82, 2.24) is 0 Å². The van der Waals surface area contributed by atoms with Gasteiger partial charge in [-0.3, -0.25) is 0 Å². The minimum absolute atomic E-state index is 0.281. The maximum Gasteiger partial charge on any atom is 0.333 e. The van der Waals surface area contributed by atoms with Crippen LogP contribution in [0.4, 0.5) is 0 Å². The third-order valence-corrected chi connectivity index (χ3v) is 3.15. The second kappa shape index (κ2) is 6.61. The summed E-state index contributed by atoms with van der Waals surface area (Å²) in [5, 5.41) is 0.727. The van der Waals surface area contributed by atoms with Crippen molar-refractivity contribution in [3.63, 3.8) is 0 Å². The molecule has 0 saturated carbocycles. The molecule has 0 saturated heterocycles. The van der Waals surface area contributed by atoms with Crippen LogP contribution in [0.5, 0.6) is 0 Å². The fraction of sp³-hybridized carbons (Fsp3) is 0.250. The van der Waals surface area contributed by atoms with E-state index in [0.717, 1.165) is 15.7 Å². The van der Waals surface area contributed by atoms with Crippen LogP contribution in [0.15, 0.2) is 40.8 Å². The number of hydrogen-bond donors (Lipinski definition) is 0. The minimum atomic E-state index is -0.281. The number of rotatable bonds is 4. The Morgan fingerprint density at radius 2 is 2.06 bits per heavy atom. The lowest BCUT2D eigenvalue weighted by atomic mass is 10.3. The fourth-order valence-electron chi connectivity index (χ4n) is 1.04. The lowest BCUT2D eigenvalue weighted by Gasteiger charge is -2.00. The number of ether oxygens (including phenoxy) is 1. The van der Waals surface area contributed by atoms with Gasteiger partial charge in [-0.15, -0.1) is 11.8 Å². The Labute approximate surface area is 105 Å². The number of methoxy groups -OCH3 is 1. The van der Waals surface area contributed by atoms with Crippen molar-refractivity contribution in [2.75, 3.05) is 12.9 Å². The number of benzene rings is 1. The first-order valence-corrected chi connectivity index (χ1v) is 6.13. The number of halogens is 1. The van der Waals surface area contributed by atoms with E-state index in [1.54, 1.807) is 18.7 Å². The van der Waals surface area contributed by atoms with Crippen molar-refractivity contribution < 1.29 is 9.53 Å². The molecule has 86 valence electrons. The van der Waals surface area contributed by atoms with Crippen LogP contribution in [0.1, 0.15) is 6.92 Å². The molecule has 0 aliphatic heterocycles. The van der Waals surface area contributed by atoms with Gasteiger partial charge in [0, 0.05) is 21.2 Å². The molecule has 0 amide bonds. The van der Waals surface area contributed by atoms with E-state index in [4.69, 9.17) is 11.6 Å². The van der Waals surface area contributed by atoms with E-state index in [0.29, 0.717) is 5.57 Å². The van der Waals surface area contributed by atoms with E-state index in [-0.39, 0.29) is 5.97 Å². The number of thioether (sulfide) groups is 1. The first kappa shape index (κ1) is 13.1. The molecule has 0 radical (unpaired) electrons. The molecule has 0 aromatic heterocycles. The largest absolute Gasteiger partial charge is 0.466 e. The van der Waals surface area contributed by atoms with Crippen molar-refractivity contribution in [3.8, 4) is 0 Å². The van der Waals surface area contributed by atoms with E-state index >= 15 is 0 Å². The van der Waals surface area contributed by atoms with E-state index in [1.165, 1.54) is 7.11 Å². The van der Waals surface area contributed by atoms with Gasteiger partial charge >= 0.3 is 5.97 Å². The maximum absolute atomic E-state index is 11.1. The summed E-state index contributed by atoms with van der Waals surface area (Å²) >= 11 is 7.42. The molecule has 0 atom stereocenters. The van der Waals surface area contributed by atoms with Crippen molar-refractivity contribution in [3.05, 3.63) is 40.9 Å². The molecule has 0 bridgehead atoms. The Bertz CT molecular complexity index is 385. The van der Waals surface area contributed by atoms with Crippen LogP contribution in [-0.2, 0) is 9.53 Å². The zero-order chi connectivity index (χ0) is 12.0. The number of hydrogen-bond acceptors (Lipinski definition) is 3. The smallest absolute Gasteiger partial charge is 0.333 e. The van der Waals surface area contributed by atoms with Crippen molar-refractivity contribution in [2.24, 2.45) is 0 Å². The fourth-order valence-corrected chi connectivity index (χ4v) is 2.02. The average Bonchev–Trinajstić information content (AvgIpc) is 2.30. The molecule has 0 aliphatic carbocycles. The zero-order valence-electron chi connectivity index (χ0n) is 9.20. The molecule has 4 heteroatoms. The third-order valence-electron chi connectivity index (χ3n) is 1.96. The highest BCUT2D eigenvalue weighted by molar-refractivity contribution is 7.99. The first-order chi connectivity index (χ1) is 7.63. The van der Waals surface area contributed by atoms with Crippen LogP contribution in [0.25, 0.3) is 0 Å². The van der Waals surface area contributed by atoms with Gasteiger partial charge in [0.05, 0.1) is 7.11 Å². The zero-order valence-corrected chi connectivity index (χ0v) is 10.8. The molecule has 0 heterocycles. The topological polar surface area (TPSA) is 26.3 Å². The summed E-state index contributed by atoms with van der Waals surface area (Å²) in [6.45, 7) is 1.74. The van der Waals surface area contributed by atoms with E-state index in [1.807, 2.05) is 30.3 Å². The van der Waals surface area contributed by atoms with E-state index < -0.39 is 0 Å². The molecule has 2 nitrogen and oxygen atoms in total. The second-order valence-corrected chi connectivity index (χ2v) is 4.67. The normalized spacial score (nSPS) is 11.3. The Hall–Kier alpha value is -0.930. The standard InChI is InChI=1S/C12H13ClO2S/c1-9(12(14)15-2)7-8-16-11-5-3-10(13)4-6-11/h3-7H,8H2,1-2H3. The summed E-state index contributed by atoms with van der Waals surface area (Å²) in [6, 6.07) is 7.60. The van der Waals surface area contributed by atoms with Crippen LogP contribution in [0.3, 0.4) is 0 Å². The van der Waals surface area contributed by atoms with Gasteiger partial charge in [-0.05, 0) is 31.2 Å². The predicted molar refractivity (Wildman–Crippen MR) is 67.9 cm³/mol. The van der Waals surface area contributed by atoms with Gasteiger partial charge in [-0.1, -0.05) is 17.7 Å². The average molecular weight is 257 g/mol. The molecule has 1 aromatic rings. The summed E-state index contributed by atoms with van der Waals surface area (Å²) < 4.78 is 4.60. The van der Waals surface area contributed by atoms with E-state index in [9.17, 15) is 4.79 Å². The molecule has 0 fully saturated rings. The lowest BCUT2D eigenvalue weighted by Crippen LogP contribution is -2.01. The molecule has 0 unspecified atom stereocenters. The molecule has 16 heavy (non-hydrogen) atoms. The highest BCUT2D eigenvalue weighted by Crippen LogP contribution is 2.20. The van der Waals surface area contributed by atoms with Crippen LogP contribution in [0.2, 0.25) is 5.02 Å². The number of carbonyl (C=O) groups is 1. The van der Waals surface area contributed by atoms with Gasteiger partial charge in [0.2, 0.25) is 0 Å². The van der Waals surface area contributed by atoms with Crippen LogP contribution in [-0.4, -0.2) is 18.8 Å². The molecule has 0 aliphatic rings. The van der Waals surface area contributed by atoms with Crippen LogP contribution >= 0.6 is 23.4 Å². The van der Waals surface area contributed by atoms with Crippen LogP contribution in [0, 0.1) is 0 Å². The van der Waals surface area contributed by atoms with Gasteiger partial charge in [0.1, 0.15) is 0 Å². The number of carbonyl (C=O) groups excluding carboxylic acids is 1. The Morgan fingerprint density at radius 3 is 2.62 bits per heavy atom. The number of esters is 1. The third kappa shape index (κ3) is 4.29. The first-order valence-electron chi connectivity index (χ1n) is 4.77. The predicted octanol–water partition coefficient (Wildman–Crippen LogP) is 3.55.